The number of rotatable bonds is 8. The van der Waals surface area contributed by atoms with Gasteiger partial charge in [0.2, 0.25) is 0 Å². The average Bonchev–Trinajstić information content (AvgIpc) is 2.47. The molecule has 0 aliphatic heterocycles. The lowest BCUT2D eigenvalue weighted by Crippen LogP contribution is -2.27. The van der Waals surface area contributed by atoms with Crippen molar-refractivity contribution in [2.24, 2.45) is 0 Å². The molecular weight excluding hydrogens is 258 g/mol. The number of amides is 1. The summed E-state index contributed by atoms with van der Waals surface area (Å²) >= 11 is 0. The fraction of sp³-hybridized carbons (Fsp3) is 0.533. The van der Waals surface area contributed by atoms with E-state index in [1.54, 1.807) is 25.3 Å². The molecule has 0 radical (unpaired) electrons. The Labute approximate surface area is 119 Å². The number of methoxy groups -OCH3 is 1. The molecule has 5 nitrogen and oxygen atoms in total. The summed E-state index contributed by atoms with van der Waals surface area (Å²) in [6, 6.07) is 5.06. The highest BCUT2D eigenvalue weighted by Crippen LogP contribution is 2.27. The first-order valence-electron chi connectivity index (χ1n) is 6.89. The van der Waals surface area contributed by atoms with Crippen LogP contribution in [0.25, 0.3) is 0 Å². The molecule has 0 heterocycles. The van der Waals surface area contributed by atoms with E-state index in [-0.39, 0.29) is 12.0 Å². The van der Waals surface area contributed by atoms with Crippen molar-refractivity contribution in [3.05, 3.63) is 23.8 Å². The van der Waals surface area contributed by atoms with Crippen LogP contribution in [-0.2, 0) is 0 Å². The zero-order valence-corrected chi connectivity index (χ0v) is 12.3. The minimum Gasteiger partial charge on any atom is -0.493 e. The molecule has 0 aliphatic rings. The maximum Gasteiger partial charge on any atom is 0.251 e. The molecule has 0 saturated carbocycles. The SMILES string of the molecule is CCOc1cc(C(=O)NCCC(O)CC)ccc1OC. The predicted molar refractivity (Wildman–Crippen MR) is 77.4 cm³/mol. The predicted octanol–water partition coefficient (Wildman–Crippen LogP) is 1.98. The van der Waals surface area contributed by atoms with Gasteiger partial charge < -0.3 is 19.9 Å². The molecule has 20 heavy (non-hydrogen) atoms. The molecule has 0 aliphatic carbocycles. The molecule has 1 atom stereocenters. The van der Waals surface area contributed by atoms with Gasteiger partial charge in [0.15, 0.2) is 11.5 Å². The summed E-state index contributed by atoms with van der Waals surface area (Å²) in [7, 11) is 1.56. The van der Waals surface area contributed by atoms with Crippen LogP contribution in [0.2, 0.25) is 0 Å². The Hall–Kier alpha value is -1.75. The summed E-state index contributed by atoms with van der Waals surface area (Å²) in [6.45, 7) is 4.73. The third-order valence-electron chi connectivity index (χ3n) is 2.96. The zero-order valence-electron chi connectivity index (χ0n) is 12.3. The number of hydrogen-bond acceptors (Lipinski definition) is 4. The standard InChI is InChI=1S/C15H23NO4/c1-4-12(17)8-9-16-15(18)11-6-7-13(19-3)14(10-11)20-5-2/h6-7,10,12,17H,4-5,8-9H2,1-3H3,(H,16,18). The molecule has 0 saturated heterocycles. The Balaban J connectivity index is 2.66. The fourth-order valence-corrected chi connectivity index (χ4v) is 1.74. The van der Waals surface area contributed by atoms with Crippen LogP contribution in [0, 0.1) is 0 Å². The van der Waals surface area contributed by atoms with Crippen LogP contribution >= 0.6 is 0 Å². The maximum atomic E-state index is 12.0. The largest absolute Gasteiger partial charge is 0.493 e. The van der Waals surface area contributed by atoms with E-state index in [1.807, 2.05) is 13.8 Å². The lowest BCUT2D eigenvalue weighted by atomic mass is 10.1. The van der Waals surface area contributed by atoms with Crippen molar-refractivity contribution in [2.75, 3.05) is 20.3 Å². The highest BCUT2D eigenvalue weighted by atomic mass is 16.5. The number of benzene rings is 1. The first-order chi connectivity index (χ1) is 9.62. The number of aliphatic hydroxyl groups excluding tert-OH is 1. The first kappa shape index (κ1) is 16.3. The molecule has 0 fully saturated rings. The Bertz CT molecular complexity index is 434. The summed E-state index contributed by atoms with van der Waals surface area (Å²) in [5.74, 6) is 0.970. The van der Waals surface area contributed by atoms with E-state index in [4.69, 9.17) is 9.47 Å². The average molecular weight is 281 g/mol. The van der Waals surface area contributed by atoms with E-state index in [9.17, 15) is 9.90 Å². The van der Waals surface area contributed by atoms with Crippen molar-refractivity contribution >= 4 is 5.91 Å². The lowest BCUT2D eigenvalue weighted by molar-refractivity contribution is 0.0941. The molecule has 0 aromatic heterocycles. The van der Waals surface area contributed by atoms with E-state index in [1.165, 1.54) is 0 Å². The summed E-state index contributed by atoms with van der Waals surface area (Å²) in [6.07, 6.45) is 0.869. The number of nitrogens with one attached hydrogen (secondary N) is 1. The lowest BCUT2D eigenvalue weighted by Gasteiger charge is -2.12. The smallest absolute Gasteiger partial charge is 0.251 e. The molecule has 0 bridgehead atoms. The zero-order chi connectivity index (χ0) is 15.0. The molecule has 1 rings (SSSR count). The van der Waals surface area contributed by atoms with Gasteiger partial charge in [0, 0.05) is 12.1 Å². The summed E-state index contributed by atoms with van der Waals surface area (Å²) in [5, 5.41) is 12.2. The second-order valence-electron chi connectivity index (χ2n) is 4.41. The van der Waals surface area contributed by atoms with Gasteiger partial charge in [-0.1, -0.05) is 6.92 Å². The van der Waals surface area contributed by atoms with E-state index >= 15 is 0 Å². The number of aliphatic hydroxyl groups is 1. The van der Waals surface area contributed by atoms with Crippen LogP contribution in [0.1, 0.15) is 37.0 Å². The highest BCUT2D eigenvalue weighted by Gasteiger charge is 2.11. The van der Waals surface area contributed by atoms with Crippen LogP contribution in [0.4, 0.5) is 0 Å². The van der Waals surface area contributed by atoms with E-state index in [0.717, 1.165) is 0 Å². The number of hydrogen-bond donors (Lipinski definition) is 2. The van der Waals surface area contributed by atoms with Gasteiger partial charge in [0.25, 0.3) is 5.91 Å². The monoisotopic (exact) mass is 281 g/mol. The molecule has 2 N–H and O–H groups in total. The minimum atomic E-state index is -0.370. The van der Waals surface area contributed by atoms with Gasteiger partial charge in [-0.25, -0.2) is 0 Å². The maximum absolute atomic E-state index is 12.0. The molecule has 112 valence electrons. The van der Waals surface area contributed by atoms with Crippen LogP contribution in [0.5, 0.6) is 11.5 Å². The van der Waals surface area contributed by atoms with Gasteiger partial charge in [0.05, 0.1) is 19.8 Å². The number of carbonyl (C=O) groups is 1. The van der Waals surface area contributed by atoms with Crippen molar-refractivity contribution in [1.82, 2.24) is 5.32 Å². The van der Waals surface area contributed by atoms with Gasteiger partial charge in [0.1, 0.15) is 0 Å². The van der Waals surface area contributed by atoms with Gasteiger partial charge in [-0.3, -0.25) is 4.79 Å². The Morgan fingerprint density at radius 3 is 2.70 bits per heavy atom. The van der Waals surface area contributed by atoms with Crippen molar-refractivity contribution in [2.45, 2.75) is 32.8 Å². The molecular formula is C15H23NO4. The summed E-state index contributed by atoms with van der Waals surface area (Å²) < 4.78 is 10.6. The van der Waals surface area contributed by atoms with Crippen LogP contribution in [0.15, 0.2) is 18.2 Å². The topological polar surface area (TPSA) is 67.8 Å². The van der Waals surface area contributed by atoms with Crippen molar-refractivity contribution in [3.63, 3.8) is 0 Å². The van der Waals surface area contributed by atoms with E-state index < -0.39 is 0 Å². The van der Waals surface area contributed by atoms with Crippen molar-refractivity contribution < 1.29 is 19.4 Å². The van der Waals surface area contributed by atoms with Gasteiger partial charge in [-0.2, -0.15) is 0 Å². The van der Waals surface area contributed by atoms with Gasteiger partial charge in [-0.05, 0) is 38.0 Å². The molecule has 1 amide bonds. The fourth-order valence-electron chi connectivity index (χ4n) is 1.74. The summed E-state index contributed by atoms with van der Waals surface area (Å²) in [4.78, 5) is 12.0. The Morgan fingerprint density at radius 2 is 2.10 bits per heavy atom. The second-order valence-corrected chi connectivity index (χ2v) is 4.41. The molecule has 1 aromatic carbocycles. The van der Waals surface area contributed by atoms with Crippen LogP contribution in [-0.4, -0.2) is 37.4 Å². The van der Waals surface area contributed by atoms with E-state index in [0.29, 0.717) is 43.1 Å². The quantitative estimate of drug-likeness (QED) is 0.764. The van der Waals surface area contributed by atoms with Gasteiger partial charge >= 0.3 is 0 Å². The van der Waals surface area contributed by atoms with Crippen molar-refractivity contribution in [1.29, 1.82) is 0 Å². The number of carbonyl (C=O) groups excluding carboxylic acids is 1. The van der Waals surface area contributed by atoms with Crippen LogP contribution < -0.4 is 14.8 Å². The first-order valence-corrected chi connectivity index (χ1v) is 6.89. The Morgan fingerprint density at radius 1 is 1.35 bits per heavy atom. The van der Waals surface area contributed by atoms with Crippen LogP contribution in [0.3, 0.4) is 0 Å². The van der Waals surface area contributed by atoms with Gasteiger partial charge in [-0.15, -0.1) is 0 Å². The Kier molecular flexibility index (Phi) is 6.87. The third kappa shape index (κ3) is 4.74. The molecule has 1 unspecified atom stereocenters. The third-order valence-corrected chi connectivity index (χ3v) is 2.96. The molecule has 5 heteroatoms. The molecule has 0 spiro atoms. The second kappa shape index (κ2) is 8.43. The van der Waals surface area contributed by atoms with Crippen molar-refractivity contribution in [3.8, 4) is 11.5 Å². The molecule has 1 aromatic rings. The minimum absolute atomic E-state index is 0.183. The summed E-state index contributed by atoms with van der Waals surface area (Å²) in [5.41, 5.74) is 0.514. The highest BCUT2D eigenvalue weighted by molar-refractivity contribution is 5.94. The van der Waals surface area contributed by atoms with E-state index in [2.05, 4.69) is 5.32 Å². The number of ether oxygens (including phenoxy) is 2. The normalized spacial score (nSPS) is 11.8.